The van der Waals surface area contributed by atoms with Crippen LogP contribution in [0.2, 0.25) is 0 Å². The summed E-state index contributed by atoms with van der Waals surface area (Å²) >= 11 is 3.33. The molecule has 2 aromatic rings. The fraction of sp³-hybridized carbons (Fsp3) is 0.235. The number of anilines is 1. The maximum absolute atomic E-state index is 12.8. The van der Waals surface area contributed by atoms with Gasteiger partial charge in [-0.05, 0) is 48.9 Å². The molecule has 0 radical (unpaired) electrons. The first-order chi connectivity index (χ1) is 11.5. The molecule has 2 aromatic carbocycles. The molecule has 0 aliphatic carbocycles. The Kier molecular flexibility index (Phi) is 6.57. The van der Waals surface area contributed by atoms with Crippen LogP contribution >= 0.6 is 15.9 Å². The number of carbonyl (C=O) groups is 1. The number of carbonyl (C=O) groups excluding carboxylic acids is 1. The summed E-state index contributed by atoms with van der Waals surface area (Å²) in [5.41, 5.74) is 1.13. The van der Waals surface area contributed by atoms with E-state index >= 15 is 0 Å². The number of rotatable bonds is 7. The molecule has 0 aromatic heterocycles. The normalized spacial score (nSPS) is 10.3. The summed E-state index contributed by atoms with van der Waals surface area (Å²) in [5.74, 6) is 0.0698. The SMILES string of the molecule is CCOc1cc(CO)c(Br)cc1OCC(=O)Nc1ccc(F)cc1. The van der Waals surface area contributed by atoms with Gasteiger partial charge in [-0.15, -0.1) is 0 Å². The zero-order valence-electron chi connectivity index (χ0n) is 13.0. The van der Waals surface area contributed by atoms with E-state index in [1.54, 1.807) is 12.1 Å². The number of hydrogen-bond donors (Lipinski definition) is 2. The summed E-state index contributed by atoms with van der Waals surface area (Å²) < 4.78 is 24.5. The Hall–Kier alpha value is -2.12. The third kappa shape index (κ3) is 4.94. The van der Waals surface area contributed by atoms with Gasteiger partial charge in [-0.25, -0.2) is 4.39 Å². The van der Waals surface area contributed by atoms with Gasteiger partial charge in [0.1, 0.15) is 5.82 Å². The van der Waals surface area contributed by atoms with Crippen molar-refractivity contribution in [3.63, 3.8) is 0 Å². The van der Waals surface area contributed by atoms with Crippen molar-refractivity contribution in [1.82, 2.24) is 0 Å². The second-order valence-corrected chi connectivity index (χ2v) is 5.68. The van der Waals surface area contributed by atoms with E-state index in [9.17, 15) is 14.3 Å². The van der Waals surface area contributed by atoms with Crippen molar-refractivity contribution in [3.8, 4) is 11.5 Å². The molecule has 0 saturated carbocycles. The van der Waals surface area contributed by atoms with Crippen LogP contribution in [0.25, 0.3) is 0 Å². The smallest absolute Gasteiger partial charge is 0.262 e. The second-order valence-electron chi connectivity index (χ2n) is 4.83. The number of aliphatic hydroxyl groups is 1. The molecule has 0 unspecified atom stereocenters. The summed E-state index contributed by atoms with van der Waals surface area (Å²) in [4.78, 5) is 11.9. The van der Waals surface area contributed by atoms with Gasteiger partial charge in [-0.3, -0.25) is 4.79 Å². The standard InChI is InChI=1S/C17H17BrFNO4/c1-2-23-15-7-11(9-21)14(18)8-16(15)24-10-17(22)20-13-5-3-12(19)4-6-13/h3-8,21H,2,9-10H2,1H3,(H,20,22). The minimum absolute atomic E-state index is 0.147. The number of benzene rings is 2. The molecule has 0 saturated heterocycles. The highest BCUT2D eigenvalue weighted by molar-refractivity contribution is 9.10. The Balaban J connectivity index is 2.03. The Morgan fingerprint density at radius 3 is 2.50 bits per heavy atom. The Labute approximate surface area is 147 Å². The fourth-order valence-corrected chi connectivity index (χ4v) is 2.40. The van der Waals surface area contributed by atoms with Crippen molar-refractivity contribution in [2.24, 2.45) is 0 Å². The zero-order chi connectivity index (χ0) is 17.5. The van der Waals surface area contributed by atoms with E-state index in [0.717, 1.165) is 0 Å². The number of ether oxygens (including phenoxy) is 2. The van der Waals surface area contributed by atoms with E-state index in [4.69, 9.17) is 9.47 Å². The first-order valence-electron chi connectivity index (χ1n) is 7.27. The van der Waals surface area contributed by atoms with Crippen LogP contribution in [0.5, 0.6) is 11.5 Å². The van der Waals surface area contributed by atoms with Gasteiger partial charge in [0.05, 0.1) is 13.2 Å². The number of nitrogens with one attached hydrogen (secondary N) is 1. The number of aliphatic hydroxyl groups excluding tert-OH is 1. The number of halogens is 2. The molecule has 0 aliphatic heterocycles. The molecule has 2 N–H and O–H groups in total. The third-order valence-corrected chi connectivity index (χ3v) is 3.81. The van der Waals surface area contributed by atoms with E-state index in [0.29, 0.717) is 33.8 Å². The molecule has 0 aliphatic rings. The van der Waals surface area contributed by atoms with Crippen molar-refractivity contribution >= 4 is 27.5 Å². The molecule has 128 valence electrons. The molecule has 7 heteroatoms. The fourth-order valence-electron chi connectivity index (χ4n) is 1.95. The van der Waals surface area contributed by atoms with Crippen molar-refractivity contribution in [2.75, 3.05) is 18.5 Å². The lowest BCUT2D eigenvalue weighted by molar-refractivity contribution is -0.118. The predicted molar refractivity (Wildman–Crippen MR) is 91.8 cm³/mol. The van der Waals surface area contributed by atoms with Crippen molar-refractivity contribution in [3.05, 3.63) is 52.3 Å². The highest BCUT2D eigenvalue weighted by atomic mass is 79.9. The molecular weight excluding hydrogens is 381 g/mol. The first kappa shape index (κ1) is 18.2. The minimum atomic E-state index is -0.383. The molecule has 0 spiro atoms. The van der Waals surface area contributed by atoms with Crippen LogP contribution in [0, 0.1) is 5.82 Å². The van der Waals surface area contributed by atoms with E-state index in [-0.39, 0.29) is 24.9 Å². The van der Waals surface area contributed by atoms with Gasteiger partial charge in [-0.2, -0.15) is 0 Å². The monoisotopic (exact) mass is 397 g/mol. The van der Waals surface area contributed by atoms with Gasteiger partial charge in [0.25, 0.3) is 5.91 Å². The summed E-state index contributed by atoms with van der Waals surface area (Å²) in [6, 6.07) is 8.74. The quantitative estimate of drug-likeness (QED) is 0.750. The molecule has 2 rings (SSSR count). The maximum Gasteiger partial charge on any atom is 0.262 e. The Morgan fingerprint density at radius 1 is 1.21 bits per heavy atom. The van der Waals surface area contributed by atoms with Crippen LogP contribution in [-0.4, -0.2) is 24.2 Å². The van der Waals surface area contributed by atoms with E-state index < -0.39 is 0 Å². The van der Waals surface area contributed by atoms with Crippen LogP contribution in [0.4, 0.5) is 10.1 Å². The summed E-state index contributed by atoms with van der Waals surface area (Å²) in [6.45, 7) is 1.87. The molecule has 0 heterocycles. The van der Waals surface area contributed by atoms with Gasteiger partial charge < -0.3 is 19.9 Å². The first-order valence-corrected chi connectivity index (χ1v) is 8.07. The topological polar surface area (TPSA) is 67.8 Å². The average molecular weight is 398 g/mol. The highest BCUT2D eigenvalue weighted by Crippen LogP contribution is 2.34. The van der Waals surface area contributed by atoms with Gasteiger partial charge in [0.15, 0.2) is 18.1 Å². The lowest BCUT2D eigenvalue weighted by atomic mass is 10.2. The molecular formula is C17H17BrFNO4. The average Bonchev–Trinajstić information content (AvgIpc) is 2.57. The van der Waals surface area contributed by atoms with Crippen LogP contribution in [0.1, 0.15) is 12.5 Å². The largest absolute Gasteiger partial charge is 0.490 e. The minimum Gasteiger partial charge on any atom is -0.490 e. The zero-order valence-corrected chi connectivity index (χ0v) is 14.6. The predicted octanol–water partition coefficient (Wildman–Crippen LogP) is 3.50. The van der Waals surface area contributed by atoms with Gasteiger partial charge >= 0.3 is 0 Å². The molecule has 0 atom stereocenters. The Morgan fingerprint density at radius 2 is 1.88 bits per heavy atom. The summed E-state index contributed by atoms with van der Waals surface area (Å²) in [5, 5.41) is 11.9. The van der Waals surface area contributed by atoms with E-state index in [1.807, 2.05) is 6.92 Å². The van der Waals surface area contributed by atoms with Crippen molar-refractivity contribution in [1.29, 1.82) is 0 Å². The van der Waals surface area contributed by atoms with Crippen LogP contribution in [0.15, 0.2) is 40.9 Å². The number of amides is 1. The van der Waals surface area contributed by atoms with Gasteiger partial charge in [0, 0.05) is 10.2 Å². The lowest BCUT2D eigenvalue weighted by Crippen LogP contribution is -2.20. The third-order valence-electron chi connectivity index (χ3n) is 3.07. The molecule has 5 nitrogen and oxygen atoms in total. The van der Waals surface area contributed by atoms with Crippen molar-refractivity contribution in [2.45, 2.75) is 13.5 Å². The maximum atomic E-state index is 12.8. The molecule has 0 bridgehead atoms. The van der Waals surface area contributed by atoms with Crippen LogP contribution < -0.4 is 14.8 Å². The van der Waals surface area contributed by atoms with Crippen LogP contribution in [-0.2, 0) is 11.4 Å². The lowest BCUT2D eigenvalue weighted by Gasteiger charge is -2.14. The van der Waals surface area contributed by atoms with E-state index in [1.165, 1.54) is 24.3 Å². The molecule has 1 amide bonds. The van der Waals surface area contributed by atoms with Gasteiger partial charge in [-0.1, -0.05) is 15.9 Å². The summed E-state index contributed by atoms with van der Waals surface area (Å²) in [6.07, 6.45) is 0. The number of hydrogen-bond acceptors (Lipinski definition) is 4. The van der Waals surface area contributed by atoms with E-state index in [2.05, 4.69) is 21.2 Å². The molecule has 0 fully saturated rings. The summed E-state index contributed by atoms with van der Waals surface area (Å²) in [7, 11) is 0. The Bertz CT molecular complexity index is 706. The second kappa shape index (κ2) is 8.65. The van der Waals surface area contributed by atoms with Gasteiger partial charge in [0.2, 0.25) is 0 Å². The van der Waals surface area contributed by atoms with Crippen molar-refractivity contribution < 1.29 is 23.8 Å². The highest BCUT2D eigenvalue weighted by Gasteiger charge is 2.12. The molecule has 24 heavy (non-hydrogen) atoms. The van der Waals surface area contributed by atoms with Crippen LogP contribution in [0.3, 0.4) is 0 Å².